The maximum Gasteiger partial charge on any atom is 0.407 e. The Kier molecular flexibility index (Phi) is 5.17. The minimum absolute atomic E-state index is 0.255. The molecular formula is C13H24N2O4. The number of nitrogens with one attached hydrogen (secondary N) is 2. The van der Waals surface area contributed by atoms with Gasteiger partial charge in [-0.05, 0) is 33.7 Å². The summed E-state index contributed by atoms with van der Waals surface area (Å²) in [6.45, 7) is 7.38. The monoisotopic (exact) mass is 272 g/mol. The summed E-state index contributed by atoms with van der Waals surface area (Å²) in [7, 11) is 1.37. The number of hydrogen-bond acceptors (Lipinski definition) is 5. The Morgan fingerprint density at radius 3 is 2.53 bits per heavy atom. The highest BCUT2D eigenvalue weighted by Crippen LogP contribution is 2.29. The topological polar surface area (TPSA) is 76.7 Å². The lowest BCUT2D eigenvalue weighted by Gasteiger charge is -2.28. The van der Waals surface area contributed by atoms with Crippen LogP contribution in [0.4, 0.5) is 4.79 Å². The van der Waals surface area contributed by atoms with Crippen molar-refractivity contribution in [2.24, 2.45) is 5.41 Å². The summed E-state index contributed by atoms with van der Waals surface area (Å²) in [4.78, 5) is 23.1. The first-order chi connectivity index (χ1) is 8.76. The van der Waals surface area contributed by atoms with Gasteiger partial charge in [0.05, 0.1) is 13.5 Å². The van der Waals surface area contributed by atoms with Gasteiger partial charge in [0.1, 0.15) is 5.60 Å². The quantitative estimate of drug-likeness (QED) is 0.748. The third-order valence-electron chi connectivity index (χ3n) is 3.09. The Hall–Kier alpha value is -1.30. The van der Waals surface area contributed by atoms with Crippen LogP contribution in [0.5, 0.6) is 0 Å². The second-order valence-electron chi connectivity index (χ2n) is 6.04. The number of esters is 1. The van der Waals surface area contributed by atoms with E-state index in [-0.39, 0.29) is 11.4 Å². The van der Waals surface area contributed by atoms with Crippen molar-refractivity contribution in [3.8, 4) is 0 Å². The third-order valence-corrected chi connectivity index (χ3v) is 3.09. The molecule has 1 aliphatic rings. The second-order valence-corrected chi connectivity index (χ2v) is 6.04. The summed E-state index contributed by atoms with van der Waals surface area (Å²) in [5.74, 6) is -0.255. The summed E-state index contributed by atoms with van der Waals surface area (Å²) >= 11 is 0. The number of amides is 1. The van der Waals surface area contributed by atoms with Crippen molar-refractivity contribution >= 4 is 12.1 Å². The molecule has 0 aliphatic carbocycles. The summed E-state index contributed by atoms with van der Waals surface area (Å²) in [5.41, 5.74) is -0.794. The van der Waals surface area contributed by atoms with Crippen LogP contribution in [0, 0.1) is 5.41 Å². The molecule has 1 atom stereocenters. The Morgan fingerprint density at radius 2 is 2.05 bits per heavy atom. The molecule has 0 radical (unpaired) electrons. The van der Waals surface area contributed by atoms with E-state index in [0.717, 1.165) is 13.0 Å². The molecule has 1 fully saturated rings. The molecule has 1 amide bonds. The van der Waals surface area contributed by atoms with E-state index in [2.05, 4.69) is 10.6 Å². The van der Waals surface area contributed by atoms with E-state index in [1.807, 2.05) is 20.8 Å². The Bertz CT molecular complexity index is 330. The molecule has 110 valence electrons. The van der Waals surface area contributed by atoms with E-state index < -0.39 is 11.7 Å². The van der Waals surface area contributed by atoms with Crippen molar-refractivity contribution in [3.05, 3.63) is 0 Å². The van der Waals surface area contributed by atoms with Crippen molar-refractivity contribution in [1.82, 2.24) is 10.6 Å². The molecule has 1 unspecified atom stereocenters. The molecule has 0 aromatic rings. The fraction of sp³-hybridized carbons (Fsp3) is 0.846. The number of carbonyl (C=O) groups excluding carboxylic acids is 2. The van der Waals surface area contributed by atoms with Crippen molar-refractivity contribution in [3.63, 3.8) is 0 Å². The molecule has 0 spiro atoms. The average molecular weight is 272 g/mol. The van der Waals surface area contributed by atoms with Gasteiger partial charge >= 0.3 is 12.1 Å². The van der Waals surface area contributed by atoms with Gasteiger partial charge in [0, 0.05) is 18.5 Å². The van der Waals surface area contributed by atoms with Gasteiger partial charge in [-0.2, -0.15) is 0 Å². The van der Waals surface area contributed by atoms with E-state index in [1.54, 1.807) is 0 Å². The van der Waals surface area contributed by atoms with Crippen LogP contribution in [0.1, 0.15) is 33.6 Å². The van der Waals surface area contributed by atoms with Crippen LogP contribution in [0.2, 0.25) is 0 Å². The number of ether oxygens (including phenoxy) is 2. The zero-order chi connectivity index (χ0) is 14.5. The molecule has 6 heteroatoms. The van der Waals surface area contributed by atoms with Gasteiger partial charge in [-0.3, -0.25) is 4.79 Å². The van der Waals surface area contributed by atoms with Crippen LogP contribution >= 0.6 is 0 Å². The number of hydrogen-bond donors (Lipinski definition) is 2. The van der Waals surface area contributed by atoms with Crippen LogP contribution in [0.25, 0.3) is 0 Å². The van der Waals surface area contributed by atoms with Gasteiger partial charge in [-0.1, -0.05) is 0 Å². The number of methoxy groups -OCH3 is 1. The standard InChI is InChI=1S/C13H24N2O4/c1-12(2,3)19-11(17)15-9-13(5-6-14-8-13)7-10(16)18-4/h14H,5-9H2,1-4H3,(H,15,17). The highest BCUT2D eigenvalue weighted by atomic mass is 16.6. The van der Waals surface area contributed by atoms with Crippen LogP contribution < -0.4 is 10.6 Å². The smallest absolute Gasteiger partial charge is 0.407 e. The van der Waals surface area contributed by atoms with Crippen molar-refractivity contribution in [1.29, 1.82) is 0 Å². The normalized spacial score (nSPS) is 22.9. The summed E-state index contributed by atoms with van der Waals surface area (Å²) in [6.07, 6.45) is 0.674. The molecule has 1 heterocycles. The largest absolute Gasteiger partial charge is 0.469 e. The molecule has 1 aliphatic heterocycles. The molecule has 19 heavy (non-hydrogen) atoms. The van der Waals surface area contributed by atoms with Crippen molar-refractivity contribution in [2.45, 2.75) is 39.2 Å². The highest BCUT2D eigenvalue weighted by molar-refractivity contribution is 5.71. The molecule has 0 bridgehead atoms. The lowest BCUT2D eigenvalue weighted by Crippen LogP contribution is -2.42. The number of alkyl carbamates (subject to hydrolysis) is 1. The Morgan fingerprint density at radius 1 is 1.37 bits per heavy atom. The fourth-order valence-corrected chi connectivity index (χ4v) is 2.11. The number of rotatable bonds is 4. The van der Waals surface area contributed by atoms with E-state index in [0.29, 0.717) is 19.5 Å². The van der Waals surface area contributed by atoms with Gasteiger partial charge in [-0.25, -0.2) is 4.79 Å². The van der Waals surface area contributed by atoms with E-state index in [9.17, 15) is 9.59 Å². The average Bonchev–Trinajstić information content (AvgIpc) is 2.73. The predicted octanol–water partition coefficient (Wildman–Crippen LogP) is 1.05. The lowest BCUT2D eigenvalue weighted by molar-refractivity contribution is -0.143. The van der Waals surface area contributed by atoms with E-state index >= 15 is 0 Å². The molecule has 6 nitrogen and oxygen atoms in total. The van der Waals surface area contributed by atoms with Gasteiger partial charge in [0.15, 0.2) is 0 Å². The van der Waals surface area contributed by atoms with Crippen LogP contribution in [-0.2, 0) is 14.3 Å². The van der Waals surface area contributed by atoms with Crippen LogP contribution in [0.3, 0.4) is 0 Å². The first-order valence-electron chi connectivity index (χ1n) is 6.51. The van der Waals surface area contributed by atoms with Crippen molar-refractivity contribution < 1.29 is 19.1 Å². The predicted molar refractivity (Wildman–Crippen MR) is 70.8 cm³/mol. The minimum atomic E-state index is -0.520. The summed E-state index contributed by atoms with van der Waals surface area (Å²) < 4.78 is 9.90. The second kappa shape index (κ2) is 6.23. The molecule has 0 aromatic carbocycles. The van der Waals surface area contributed by atoms with Crippen LogP contribution in [-0.4, -0.2) is 44.4 Å². The minimum Gasteiger partial charge on any atom is -0.469 e. The molecule has 1 saturated heterocycles. The Labute approximate surface area is 114 Å². The molecule has 0 aromatic heterocycles. The number of carbonyl (C=O) groups is 2. The zero-order valence-corrected chi connectivity index (χ0v) is 12.2. The zero-order valence-electron chi connectivity index (χ0n) is 12.2. The van der Waals surface area contributed by atoms with E-state index in [1.165, 1.54) is 7.11 Å². The molecule has 2 N–H and O–H groups in total. The fourth-order valence-electron chi connectivity index (χ4n) is 2.11. The first kappa shape index (κ1) is 15.8. The summed E-state index contributed by atoms with van der Waals surface area (Å²) in [6, 6.07) is 0. The Balaban J connectivity index is 2.50. The van der Waals surface area contributed by atoms with Gasteiger partial charge in [0.25, 0.3) is 0 Å². The lowest BCUT2D eigenvalue weighted by atomic mass is 9.83. The maximum atomic E-state index is 11.6. The molecular weight excluding hydrogens is 248 g/mol. The van der Waals surface area contributed by atoms with Gasteiger partial charge in [0.2, 0.25) is 0 Å². The van der Waals surface area contributed by atoms with Gasteiger partial charge < -0.3 is 20.1 Å². The van der Waals surface area contributed by atoms with E-state index in [4.69, 9.17) is 9.47 Å². The van der Waals surface area contributed by atoms with Crippen LogP contribution in [0.15, 0.2) is 0 Å². The highest BCUT2D eigenvalue weighted by Gasteiger charge is 2.37. The summed E-state index contributed by atoms with van der Waals surface area (Å²) in [5, 5.41) is 5.96. The van der Waals surface area contributed by atoms with Gasteiger partial charge in [-0.15, -0.1) is 0 Å². The first-order valence-corrected chi connectivity index (χ1v) is 6.51. The molecule has 1 rings (SSSR count). The SMILES string of the molecule is COC(=O)CC1(CNC(=O)OC(C)(C)C)CCNC1. The maximum absolute atomic E-state index is 11.6. The van der Waals surface area contributed by atoms with Crippen molar-refractivity contribution in [2.75, 3.05) is 26.7 Å². The third kappa shape index (κ3) is 5.46. The molecule has 0 saturated carbocycles.